The first-order valence-corrected chi connectivity index (χ1v) is 12.3. The molecular formula is C28H24O11. The van der Waals surface area contributed by atoms with E-state index in [0.29, 0.717) is 12.0 Å². The number of hydrogen-bond donors (Lipinski definition) is 6. The van der Waals surface area contributed by atoms with E-state index in [1.54, 1.807) is 0 Å². The Morgan fingerprint density at radius 1 is 0.923 bits per heavy atom. The monoisotopic (exact) mass is 536 g/mol. The third-order valence-corrected chi connectivity index (χ3v) is 7.51. The topological polar surface area (TPSA) is 187 Å². The van der Waals surface area contributed by atoms with Crippen molar-refractivity contribution in [2.24, 2.45) is 0 Å². The van der Waals surface area contributed by atoms with Gasteiger partial charge in [0.05, 0.1) is 7.11 Å². The summed E-state index contributed by atoms with van der Waals surface area (Å²) in [6, 6.07) is 3.67. The zero-order valence-corrected chi connectivity index (χ0v) is 20.8. The van der Waals surface area contributed by atoms with Gasteiger partial charge < -0.3 is 44.5 Å². The molecule has 39 heavy (non-hydrogen) atoms. The molecule has 1 aromatic heterocycles. The SMILES string of the molecule is CCC[C@H]1Cc2cc3c(c(O)c2C(=O)O1)-c1c(c(OC)c2oc4c(O)ccc(O)c4c(=O)c2c1O)[C@@H](O)[C@@H]3O. The average Bonchev–Trinajstić information content (AvgIpc) is 2.89. The molecule has 2 aliphatic rings. The van der Waals surface area contributed by atoms with Crippen LogP contribution in [0.5, 0.6) is 28.7 Å². The number of cyclic esters (lactones) is 1. The van der Waals surface area contributed by atoms with Crippen molar-refractivity contribution in [2.75, 3.05) is 7.11 Å². The Balaban J connectivity index is 1.76. The summed E-state index contributed by atoms with van der Waals surface area (Å²) in [6.45, 7) is 1.94. The quantitative estimate of drug-likeness (QED) is 0.128. The van der Waals surface area contributed by atoms with Gasteiger partial charge in [-0.05, 0) is 29.7 Å². The molecule has 0 radical (unpaired) electrons. The van der Waals surface area contributed by atoms with Crippen molar-refractivity contribution in [3.05, 3.63) is 50.7 Å². The first kappa shape index (κ1) is 24.8. The third-order valence-electron chi connectivity index (χ3n) is 7.51. The molecule has 0 bridgehead atoms. The highest BCUT2D eigenvalue weighted by Crippen LogP contribution is 2.58. The molecule has 6 N–H and O–H groups in total. The van der Waals surface area contributed by atoms with E-state index in [2.05, 4.69) is 0 Å². The number of aliphatic hydroxyl groups is 2. The van der Waals surface area contributed by atoms with Crippen molar-refractivity contribution in [2.45, 2.75) is 44.5 Å². The summed E-state index contributed by atoms with van der Waals surface area (Å²) >= 11 is 0. The summed E-state index contributed by atoms with van der Waals surface area (Å²) in [7, 11) is 1.20. The van der Waals surface area contributed by atoms with Gasteiger partial charge >= 0.3 is 5.97 Å². The highest BCUT2D eigenvalue weighted by atomic mass is 16.5. The number of carbonyl (C=O) groups is 1. The number of rotatable bonds is 3. The zero-order chi connectivity index (χ0) is 27.9. The van der Waals surface area contributed by atoms with E-state index >= 15 is 0 Å². The van der Waals surface area contributed by atoms with Crippen molar-refractivity contribution < 1.29 is 49.3 Å². The molecule has 6 rings (SSSR count). The molecule has 11 nitrogen and oxygen atoms in total. The van der Waals surface area contributed by atoms with Gasteiger partial charge in [0.15, 0.2) is 22.7 Å². The molecule has 1 aliphatic heterocycles. The molecular weight excluding hydrogens is 512 g/mol. The highest BCUT2D eigenvalue weighted by molar-refractivity contribution is 6.07. The third kappa shape index (κ3) is 3.23. The maximum absolute atomic E-state index is 13.6. The number of carbonyl (C=O) groups excluding carboxylic acids is 1. The molecule has 0 spiro atoms. The molecule has 0 unspecified atom stereocenters. The van der Waals surface area contributed by atoms with Crippen LogP contribution in [0.1, 0.15) is 59.0 Å². The standard InChI is InChI=1S/C28H24O11/c1-3-4-10-7-9-8-11-15(21(32)14(9)28(36)38-10)17-18(24(35)20(11)31)26(37-2)27-19(23(17)34)22(33)16-12(29)5-6-13(30)25(16)39-27/h5-6,8,10,20,24,29-32,34-35H,3-4,7H2,1-2H3/t10-,20+,24+/m0/s1. The lowest BCUT2D eigenvalue weighted by Crippen LogP contribution is -2.29. The predicted molar refractivity (Wildman–Crippen MR) is 136 cm³/mol. The lowest BCUT2D eigenvalue weighted by molar-refractivity contribution is 0.0134. The van der Waals surface area contributed by atoms with Gasteiger partial charge in [0.25, 0.3) is 0 Å². The van der Waals surface area contributed by atoms with Gasteiger partial charge in [0, 0.05) is 23.1 Å². The normalized spacial score (nSPS) is 19.9. The number of phenols is 4. The number of aromatic hydroxyl groups is 4. The fourth-order valence-corrected chi connectivity index (χ4v) is 5.81. The Hall–Kier alpha value is -4.48. The molecule has 1 aliphatic carbocycles. The lowest BCUT2D eigenvalue weighted by Gasteiger charge is -2.34. The predicted octanol–water partition coefficient (Wildman–Crippen LogP) is 3.41. The molecule has 202 valence electrons. The smallest absolute Gasteiger partial charge is 0.342 e. The minimum atomic E-state index is -1.71. The van der Waals surface area contributed by atoms with Gasteiger partial charge in [-0.25, -0.2) is 4.79 Å². The Kier molecular flexibility index (Phi) is 5.42. The minimum absolute atomic E-state index is 0.0265. The van der Waals surface area contributed by atoms with Gasteiger partial charge in [-0.3, -0.25) is 4.79 Å². The van der Waals surface area contributed by atoms with Crippen LogP contribution in [-0.4, -0.2) is 49.8 Å². The number of fused-ring (bicyclic) bond motifs is 6. The van der Waals surface area contributed by atoms with Crippen LogP contribution in [0.25, 0.3) is 33.1 Å². The maximum Gasteiger partial charge on any atom is 0.342 e. The second-order valence-corrected chi connectivity index (χ2v) is 9.75. The largest absolute Gasteiger partial charge is 0.507 e. The Morgan fingerprint density at radius 3 is 2.33 bits per heavy atom. The Bertz CT molecular complexity index is 1790. The first-order valence-electron chi connectivity index (χ1n) is 12.3. The number of phenolic OH excluding ortho intramolecular Hbond substituents is 4. The number of esters is 1. The molecule has 0 saturated heterocycles. The van der Waals surface area contributed by atoms with Crippen LogP contribution in [0.15, 0.2) is 27.4 Å². The molecule has 3 aromatic carbocycles. The van der Waals surface area contributed by atoms with Crippen LogP contribution in [0.2, 0.25) is 0 Å². The molecule has 0 amide bonds. The molecule has 0 saturated carbocycles. The number of methoxy groups -OCH3 is 1. The van der Waals surface area contributed by atoms with Crippen molar-refractivity contribution >= 4 is 27.9 Å². The van der Waals surface area contributed by atoms with Gasteiger partial charge in [0.2, 0.25) is 5.43 Å². The van der Waals surface area contributed by atoms with E-state index in [9.17, 15) is 40.2 Å². The fourth-order valence-electron chi connectivity index (χ4n) is 5.81. The van der Waals surface area contributed by atoms with E-state index in [1.165, 1.54) is 13.2 Å². The average molecular weight is 536 g/mol. The summed E-state index contributed by atoms with van der Waals surface area (Å²) in [5, 5.41) is 65.0. The number of ether oxygens (including phenoxy) is 2. The van der Waals surface area contributed by atoms with Crippen molar-refractivity contribution in [3.63, 3.8) is 0 Å². The molecule has 3 atom stereocenters. The van der Waals surface area contributed by atoms with Crippen LogP contribution < -0.4 is 10.2 Å². The minimum Gasteiger partial charge on any atom is -0.507 e. The summed E-state index contributed by atoms with van der Waals surface area (Å²) in [6.07, 6.45) is -2.14. The van der Waals surface area contributed by atoms with E-state index in [0.717, 1.165) is 18.6 Å². The fraction of sp³-hybridized carbons (Fsp3) is 0.286. The number of aliphatic hydroxyl groups excluding tert-OH is 2. The Labute approximate surface area is 219 Å². The van der Waals surface area contributed by atoms with Crippen LogP contribution in [0, 0.1) is 0 Å². The van der Waals surface area contributed by atoms with Crippen LogP contribution in [0.4, 0.5) is 0 Å². The van der Waals surface area contributed by atoms with E-state index in [1.807, 2.05) is 6.92 Å². The summed E-state index contributed by atoms with van der Waals surface area (Å²) < 4.78 is 16.7. The van der Waals surface area contributed by atoms with Crippen LogP contribution >= 0.6 is 0 Å². The molecule has 0 fully saturated rings. The lowest BCUT2D eigenvalue weighted by atomic mass is 9.77. The Morgan fingerprint density at radius 2 is 1.64 bits per heavy atom. The highest BCUT2D eigenvalue weighted by Gasteiger charge is 2.43. The van der Waals surface area contributed by atoms with E-state index in [-0.39, 0.29) is 45.6 Å². The van der Waals surface area contributed by atoms with E-state index in [4.69, 9.17) is 13.9 Å². The summed E-state index contributed by atoms with van der Waals surface area (Å²) in [4.78, 5) is 26.5. The summed E-state index contributed by atoms with van der Waals surface area (Å²) in [5.41, 5.74) is -2.08. The number of hydrogen-bond acceptors (Lipinski definition) is 11. The summed E-state index contributed by atoms with van der Waals surface area (Å²) in [5.74, 6) is -3.40. The van der Waals surface area contributed by atoms with Crippen LogP contribution in [0.3, 0.4) is 0 Å². The van der Waals surface area contributed by atoms with Gasteiger partial charge in [0.1, 0.15) is 51.9 Å². The van der Waals surface area contributed by atoms with Crippen LogP contribution in [-0.2, 0) is 11.2 Å². The van der Waals surface area contributed by atoms with Gasteiger partial charge in [-0.15, -0.1) is 0 Å². The second-order valence-electron chi connectivity index (χ2n) is 9.75. The van der Waals surface area contributed by atoms with Crippen molar-refractivity contribution in [1.29, 1.82) is 0 Å². The second kappa shape index (κ2) is 8.52. The molecule has 11 heteroatoms. The molecule has 2 heterocycles. The maximum atomic E-state index is 13.6. The van der Waals surface area contributed by atoms with Gasteiger partial charge in [-0.1, -0.05) is 19.4 Å². The van der Waals surface area contributed by atoms with E-state index < -0.39 is 69.1 Å². The van der Waals surface area contributed by atoms with Gasteiger partial charge in [-0.2, -0.15) is 0 Å². The first-order chi connectivity index (χ1) is 18.6. The number of benzene rings is 3. The molecule has 4 aromatic rings. The zero-order valence-electron chi connectivity index (χ0n) is 20.8. The van der Waals surface area contributed by atoms with Crippen molar-refractivity contribution in [1.82, 2.24) is 0 Å². The van der Waals surface area contributed by atoms with Crippen molar-refractivity contribution in [3.8, 4) is 39.9 Å².